The van der Waals surface area contributed by atoms with Crippen LogP contribution in [0.1, 0.15) is 10.4 Å². The third kappa shape index (κ3) is 4.79. The van der Waals surface area contributed by atoms with Gasteiger partial charge in [-0.2, -0.15) is 0 Å². The predicted molar refractivity (Wildman–Crippen MR) is 98.8 cm³/mol. The molecule has 3 rings (SSSR count). The van der Waals surface area contributed by atoms with Crippen LogP contribution in [-0.2, 0) is 4.79 Å². The first-order valence-corrected chi connectivity index (χ1v) is 8.62. The minimum Gasteiger partial charge on any atom is -0.367 e. The Morgan fingerprint density at radius 1 is 1.07 bits per heavy atom. The molecule has 6 nitrogen and oxygen atoms in total. The molecule has 27 heavy (non-hydrogen) atoms. The lowest BCUT2D eigenvalue weighted by Gasteiger charge is -2.31. The summed E-state index contributed by atoms with van der Waals surface area (Å²) in [5, 5.41) is 8.21. The summed E-state index contributed by atoms with van der Waals surface area (Å²) < 4.78 is 27.3. The molecular formula is C19H20F2N4O2. The van der Waals surface area contributed by atoms with E-state index >= 15 is 0 Å². The summed E-state index contributed by atoms with van der Waals surface area (Å²) in [6.45, 7) is 2.70. The van der Waals surface area contributed by atoms with Crippen molar-refractivity contribution in [3.8, 4) is 0 Å². The lowest BCUT2D eigenvalue weighted by molar-refractivity contribution is -0.115. The number of carbonyl (C=O) groups is 2. The minimum absolute atomic E-state index is 0.141. The fourth-order valence-corrected chi connectivity index (χ4v) is 2.89. The molecule has 1 saturated heterocycles. The molecule has 2 aromatic rings. The molecule has 3 N–H and O–H groups in total. The van der Waals surface area contributed by atoms with Crippen molar-refractivity contribution in [2.75, 3.05) is 42.9 Å². The molecule has 0 aromatic heterocycles. The van der Waals surface area contributed by atoms with Crippen molar-refractivity contribution in [1.29, 1.82) is 0 Å². The van der Waals surface area contributed by atoms with Gasteiger partial charge in [0.2, 0.25) is 5.91 Å². The highest BCUT2D eigenvalue weighted by Gasteiger charge is 2.17. The van der Waals surface area contributed by atoms with Crippen molar-refractivity contribution in [2.45, 2.75) is 0 Å². The molecular weight excluding hydrogens is 354 g/mol. The molecule has 0 saturated carbocycles. The number of halogens is 2. The summed E-state index contributed by atoms with van der Waals surface area (Å²) in [6, 6.07) is 9.71. The van der Waals surface area contributed by atoms with Gasteiger partial charge in [-0.1, -0.05) is 12.1 Å². The van der Waals surface area contributed by atoms with Gasteiger partial charge in [-0.25, -0.2) is 8.78 Å². The SMILES string of the molecule is O=C(CNC(=O)c1ccccc1F)Nc1cc(F)ccc1N1CCNCC1. The zero-order valence-corrected chi connectivity index (χ0v) is 14.6. The van der Waals surface area contributed by atoms with Gasteiger partial charge < -0.3 is 20.9 Å². The molecule has 1 aliphatic heterocycles. The first-order chi connectivity index (χ1) is 13.0. The van der Waals surface area contributed by atoms with E-state index in [1.165, 1.54) is 36.4 Å². The van der Waals surface area contributed by atoms with Gasteiger partial charge in [-0.3, -0.25) is 9.59 Å². The van der Waals surface area contributed by atoms with Crippen LogP contribution in [0.5, 0.6) is 0 Å². The van der Waals surface area contributed by atoms with Crippen LogP contribution < -0.4 is 20.9 Å². The van der Waals surface area contributed by atoms with Gasteiger partial charge in [0.25, 0.3) is 5.91 Å². The number of piperazine rings is 1. The Kier molecular flexibility index (Phi) is 5.97. The van der Waals surface area contributed by atoms with Crippen LogP contribution in [0.25, 0.3) is 0 Å². The average molecular weight is 374 g/mol. The molecule has 0 atom stereocenters. The van der Waals surface area contributed by atoms with Crippen LogP contribution in [0.2, 0.25) is 0 Å². The number of nitrogens with one attached hydrogen (secondary N) is 3. The third-order valence-corrected chi connectivity index (χ3v) is 4.22. The smallest absolute Gasteiger partial charge is 0.254 e. The number of anilines is 2. The fourth-order valence-electron chi connectivity index (χ4n) is 2.89. The van der Waals surface area contributed by atoms with Crippen LogP contribution in [0, 0.1) is 11.6 Å². The van der Waals surface area contributed by atoms with E-state index in [1.54, 1.807) is 6.07 Å². The van der Waals surface area contributed by atoms with Crippen molar-refractivity contribution in [2.24, 2.45) is 0 Å². The molecule has 2 aromatic carbocycles. The highest BCUT2D eigenvalue weighted by molar-refractivity contribution is 6.00. The maximum absolute atomic E-state index is 13.7. The molecule has 0 spiro atoms. The number of carbonyl (C=O) groups excluding carboxylic acids is 2. The predicted octanol–water partition coefficient (Wildman–Crippen LogP) is 1.74. The summed E-state index contributed by atoms with van der Waals surface area (Å²) in [6.07, 6.45) is 0. The fraction of sp³-hybridized carbons (Fsp3) is 0.263. The number of rotatable bonds is 5. The van der Waals surface area contributed by atoms with Crippen LogP contribution in [-0.4, -0.2) is 44.5 Å². The number of nitrogens with zero attached hydrogens (tertiary/aromatic N) is 1. The van der Waals surface area contributed by atoms with Gasteiger partial charge in [-0.15, -0.1) is 0 Å². The molecule has 0 bridgehead atoms. The average Bonchev–Trinajstić information content (AvgIpc) is 2.67. The molecule has 0 aliphatic carbocycles. The van der Waals surface area contributed by atoms with E-state index in [1.807, 2.05) is 4.90 Å². The van der Waals surface area contributed by atoms with Crippen molar-refractivity contribution in [1.82, 2.24) is 10.6 Å². The molecule has 8 heteroatoms. The zero-order chi connectivity index (χ0) is 19.2. The molecule has 1 heterocycles. The molecule has 0 unspecified atom stereocenters. The zero-order valence-electron chi connectivity index (χ0n) is 14.6. The maximum Gasteiger partial charge on any atom is 0.254 e. The van der Waals surface area contributed by atoms with E-state index in [9.17, 15) is 18.4 Å². The normalized spacial score (nSPS) is 13.9. The maximum atomic E-state index is 13.7. The van der Waals surface area contributed by atoms with Crippen LogP contribution >= 0.6 is 0 Å². The molecule has 0 radical (unpaired) electrons. The highest BCUT2D eigenvalue weighted by Crippen LogP contribution is 2.27. The van der Waals surface area contributed by atoms with E-state index in [-0.39, 0.29) is 12.1 Å². The van der Waals surface area contributed by atoms with Crippen LogP contribution in [0.15, 0.2) is 42.5 Å². The largest absolute Gasteiger partial charge is 0.367 e. The van der Waals surface area contributed by atoms with Gasteiger partial charge in [0.05, 0.1) is 23.5 Å². The van der Waals surface area contributed by atoms with Gasteiger partial charge in [-0.05, 0) is 30.3 Å². The summed E-state index contributed by atoms with van der Waals surface area (Å²) in [4.78, 5) is 26.2. The van der Waals surface area contributed by atoms with Gasteiger partial charge in [0.15, 0.2) is 0 Å². The standard InChI is InChI=1S/C19H20F2N4O2/c20-13-5-6-17(25-9-7-22-8-10-25)16(11-13)24-18(26)12-23-19(27)14-3-1-2-4-15(14)21/h1-6,11,22H,7-10,12H2,(H,23,27)(H,24,26). The van der Waals surface area contributed by atoms with E-state index in [0.717, 1.165) is 26.2 Å². The monoisotopic (exact) mass is 374 g/mol. The number of amides is 2. The first kappa shape index (κ1) is 18.8. The second-order valence-corrected chi connectivity index (χ2v) is 6.11. The quantitative estimate of drug-likeness (QED) is 0.746. The summed E-state index contributed by atoms with van der Waals surface area (Å²) in [5.41, 5.74) is 0.909. The second kappa shape index (κ2) is 8.59. The van der Waals surface area contributed by atoms with E-state index in [2.05, 4.69) is 16.0 Å². The number of hydrogen-bond donors (Lipinski definition) is 3. The van der Waals surface area contributed by atoms with E-state index in [0.29, 0.717) is 11.4 Å². The Bertz CT molecular complexity index is 838. The van der Waals surface area contributed by atoms with Crippen LogP contribution in [0.3, 0.4) is 0 Å². The Balaban J connectivity index is 1.64. The Labute approximate surface area is 155 Å². The van der Waals surface area contributed by atoms with Crippen LogP contribution in [0.4, 0.5) is 20.2 Å². The van der Waals surface area contributed by atoms with Gasteiger partial charge in [0, 0.05) is 26.2 Å². The minimum atomic E-state index is -0.690. The molecule has 1 fully saturated rings. The van der Waals surface area contributed by atoms with Gasteiger partial charge in [0.1, 0.15) is 11.6 Å². The number of hydrogen-bond acceptors (Lipinski definition) is 4. The third-order valence-electron chi connectivity index (χ3n) is 4.22. The highest BCUT2D eigenvalue weighted by atomic mass is 19.1. The summed E-state index contributed by atoms with van der Waals surface area (Å²) >= 11 is 0. The first-order valence-electron chi connectivity index (χ1n) is 8.62. The Morgan fingerprint density at radius 3 is 2.56 bits per heavy atom. The number of benzene rings is 2. The van der Waals surface area contributed by atoms with Crippen molar-refractivity contribution >= 4 is 23.2 Å². The molecule has 1 aliphatic rings. The lowest BCUT2D eigenvalue weighted by Crippen LogP contribution is -2.44. The Morgan fingerprint density at radius 2 is 1.81 bits per heavy atom. The van der Waals surface area contributed by atoms with Crippen molar-refractivity contribution < 1.29 is 18.4 Å². The van der Waals surface area contributed by atoms with Gasteiger partial charge >= 0.3 is 0 Å². The lowest BCUT2D eigenvalue weighted by atomic mass is 10.2. The molecule has 2 amide bonds. The van der Waals surface area contributed by atoms with E-state index in [4.69, 9.17) is 0 Å². The van der Waals surface area contributed by atoms with Crippen molar-refractivity contribution in [3.63, 3.8) is 0 Å². The topological polar surface area (TPSA) is 73.5 Å². The van der Waals surface area contributed by atoms with E-state index < -0.39 is 23.4 Å². The summed E-state index contributed by atoms with van der Waals surface area (Å²) in [7, 11) is 0. The molecule has 142 valence electrons. The second-order valence-electron chi connectivity index (χ2n) is 6.11. The summed E-state index contributed by atoms with van der Waals surface area (Å²) in [5.74, 6) is -2.35. The Hall–Kier alpha value is -3.00. The van der Waals surface area contributed by atoms with Crippen molar-refractivity contribution in [3.05, 3.63) is 59.7 Å².